The number of carbonyl (C=O) groups excluding carboxylic acids is 1. The normalized spacial score (nSPS) is 11.8. The van der Waals surface area contributed by atoms with Gasteiger partial charge in [-0.1, -0.05) is 30.3 Å². The molecule has 5 aromatic rings. The fraction of sp³-hybridized carbons (Fsp3) is 0.0833. The number of benzene rings is 2. The van der Waals surface area contributed by atoms with Crippen molar-refractivity contribution >= 4 is 33.2 Å². The van der Waals surface area contributed by atoms with E-state index < -0.39 is 0 Å². The summed E-state index contributed by atoms with van der Waals surface area (Å²) in [7, 11) is 0. The Bertz CT molecular complexity index is 1410. The van der Waals surface area contributed by atoms with Crippen molar-refractivity contribution in [3.8, 4) is 11.4 Å². The van der Waals surface area contributed by atoms with Gasteiger partial charge in [0.25, 0.3) is 5.91 Å². The van der Waals surface area contributed by atoms with E-state index in [1.165, 1.54) is 11.3 Å². The molecule has 32 heavy (non-hydrogen) atoms. The van der Waals surface area contributed by atoms with Crippen LogP contribution in [0.1, 0.15) is 27.9 Å². The van der Waals surface area contributed by atoms with Gasteiger partial charge in [-0.3, -0.25) is 4.79 Å². The maximum atomic E-state index is 12.8. The Morgan fingerprint density at radius 2 is 1.84 bits per heavy atom. The quantitative estimate of drug-likeness (QED) is 0.317. The van der Waals surface area contributed by atoms with Crippen LogP contribution in [0.15, 0.2) is 84.5 Å². The van der Waals surface area contributed by atoms with Crippen molar-refractivity contribution in [1.29, 1.82) is 0 Å². The molecule has 5 rings (SSSR count). The first-order valence-corrected chi connectivity index (χ1v) is 10.9. The maximum Gasteiger partial charge on any atom is 0.281 e. The van der Waals surface area contributed by atoms with Gasteiger partial charge in [0.15, 0.2) is 0 Å². The molecule has 1 amide bonds. The smallest absolute Gasteiger partial charge is 0.281 e. The van der Waals surface area contributed by atoms with Gasteiger partial charge in [-0.15, -0.1) is 11.3 Å². The fourth-order valence-corrected chi connectivity index (χ4v) is 4.52. The van der Waals surface area contributed by atoms with E-state index in [9.17, 15) is 4.79 Å². The molecule has 3 aromatic heterocycles. The monoisotopic (exact) mass is 440 g/mol. The first-order valence-electron chi connectivity index (χ1n) is 10.1. The maximum absolute atomic E-state index is 12.8. The average molecular weight is 441 g/mol. The molecular formula is C24H20N6OS. The second-order valence-electron chi connectivity index (χ2n) is 7.32. The molecule has 7 nitrogen and oxygen atoms in total. The molecule has 0 atom stereocenters. The lowest BCUT2D eigenvalue weighted by atomic mass is 10.1. The van der Waals surface area contributed by atoms with Crippen LogP contribution in [0.3, 0.4) is 0 Å². The summed E-state index contributed by atoms with van der Waals surface area (Å²) in [6, 6.07) is 19.7. The minimum atomic E-state index is -0.236. The highest BCUT2D eigenvalue weighted by Crippen LogP contribution is 2.30. The molecule has 2 aromatic carbocycles. The number of imidazole rings is 1. The Kier molecular flexibility index (Phi) is 5.12. The minimum absolute atomic E-state index is 0.236. The highest BCUT2D eigenvalue weighted by atomic mass is 32.1. The number of thiophene rings is 1. The number of fused-ring (bicyclic) bond motifs is 1. The Morgan fingerprint density at radius 1 is 1.06 bits per heavy atom. The van der Waals surface area contributed by atoms with Gasteiger partial charge in [0.05, 0.1) is 28.3 Å². The van der Waals surface area contributed by atoms with E-state index in [1.54, 1.807) is 12.5 Å². The zero-order valence-electron chi connectivity index (χ0n) is 17.6. The Balaban J connectivity index is 1.35. The predicted molar refractivity (Wildman–Crippen MR) is 127 cm³/mol. The number of para-hydroxylation sites is 1. The fourth-order valence-electron chi connectivity index (χ4n) is 3.44. The number of rotatable bonds is 5. The molecule has 0 unspecified atom stereocenters. The summed E-state index contributed by atoms with van der Waals surface area (Å²) in [6.45, 7) is 3.82. The number of aromatic nitrogens is 4. The van der Waals surface area contributed by atoms with Crippen LogP contribution in [0.5, 0.6) is 0 Å². The highest BCUT2D eigenvalue weighted by molar-refractivity contribution is 7.20. The van der Waals surface area contributed by atoms with Gasteiger partial charge in [-0.2, -0.15) is 10.2 Å². The lowest BCUT2D eigenvalue weighted by Gasteiger charge is -2.05. The van der Waals surface area contributed by atoms with Crippen molar-refractivity contribution in [1.82, 2.24) is 24.8 Å². The van der Waals surface area contributed by atoms with Crippen molar-refractivity contribution in [2.24, 2.45) is 5.10 Å². The van der Waals surface area contributed by atoms with Crippen LogP contribution in [0.4, 0.5) is 0 Å². The van der Waals surface area contributed by atoms with Gasteiger partial charge >= 0.3 is 0 Å². The van der Waals surface area contributed by atoms with Gasteiger partial charge in [-0.25, -0.2) is 15.1 Å². The number of carbonyl (C=O) groups is 1. The number of hydrogen-bond donors (Lipinski definition) is 1. The Labute approximate surface area is 188 Å². The lowest BCUT2D eigenvalue weighted by molar-refractivity contribution is 0.0959. The molecule has 0 spiro atoms. The minimum Gasteiger partial charge on any atom is -0.306 e. The summed E-state index contributed by atoms with van der Waals surface area (Å²) in [5, 5.41) is 9.90. The predicted octanol–water partition coefficient (Wildman–Crippen LogP) is 4.74. The topological polar surface area (TPSA) is 77.1 Å². The van der Waals surface area contributed by atoms with Crippen LogP contribution in [-0.4, -0.2) is 31.0 Å². The first-order chi connectivity index (χ1) is 15.6. The third kappa shape index (κ3) is 3.72. The van der Waals surface area contributed by atoms with Gasteiger partial charge in [0.1, 0.15) is 4.83 Å². The van der Waals surface area contributed by atoms with Crippen LogP contribution >= 0.6 is 11.3 Å². The first kappa shape index (κ1) is 19.9. The standard InChI is InChI=1S/C24H20N6OS/c1-16(18-8-10-19(11-9-18)29-13-12-25-15-29)26-27-23(31)22-14-21-17(2)28-30(24(21)32-22)20-6-4-3-5-7-20/h3-15H,1-2H3,(H,27,31). The molecule has 0 bridgehead atoms. The van der Waals surface area contributed by atoms with Gasteiger partial charge in [0, 0.05) is 23.5 Å². The third-order valence-corrected chi connectivity index (χ3v) is 6.29. The van der Waals surface area contributed by atoms with E-state index in [-0.39, 0.29) is 5.91 Å². The van der Waals surface area contributed by atoms with E-state index in [0.717, 1.165) is 38.6 Å². The number of amides is 1. The summed E-state index contributed by atoms with van der Waals surface area (Å²) in [5.41, 5.74) is 7.20. The molecule has 3 heterocycles. The van der Waals surface area contributed by atoms with E-state index >= 15 is 0 Å². The van der Waals surface area contributed by atoms with Crippen LogP contribution in [0.2, 0.25) is 0 Å². The van der Waals surface area contributed by atoms with Crippen molar-refractivity contribution in [2.75, 3.05) is 0 Å². The third-order valence-electron chi connectivity index (χ3n) is 5.18. The van der Waals surface area contributed by atoms with Gasteiger partial charge < -0.3 is 4.57 Å². The molecule has 0 aliphatic rings. The van der Waals surface area contributed by atoms with Crippen LogP contribution < -0.4 is 5.43 Å². The average Bonchev–Trinajstić information content (AvgIpc) is 3.57. The molecule has 1 N–H and O–H groups in total. The SMILES string of the molecule is CC(=NNC(=O)c1cc2c(C)nn(-c3ccccc3)c2s1)c1ccc(-n2ccnc2)cc1. The van der Waals surface area contributed by atoms with Crippen LogP contribution in [0.25, 0.3) is 21.6 Å². The second-order valence-corrected chi connectivity index (χ2v) is 8.35. The van der Waals surface area contributed by atoms with Crippen molar-refractivity contribution in [2.45, 2.75) is 13.8 Å². The summed E-state index contributed by atoms with van der Waals surface area (Å²) in [6.07, 6.45) is 5.38. The van der Waals surface area contributed by atoms with E-state index in [2.05, 4.69) is 20.6 Å². The van der Waals surface area contributed by atoms with Crippen molar-refractivity contribution in [3.05, 3.63) is 95.5 Å². The van der Waals surface area contributed by atoms with Gasteiger partial charge in [0.2, 0.25) is 0 Å². The summed E-state index contributed by atoms with van der Waals surface area (Å²) >= 11 is 1.41. The summed E-state index contributed by atoms with van der Waals surface area (Å²) in [4.78, 5) is 18.4. The molecular weight excluding hydrogens is 420 g/mol. The lowest BCUT2D eigenvalue weighted by Crippen LogP contribution is -2.18. The van der Waals surface area contributed by atoms with E-state index in [4.69, 9.17) is 0 Å². The molecule has 8 heteroatoms. The number of aryl methyl sites for hydroxylation is 1. The van der Waals surface area contributed by atoms with Crippen LogP contribution in [-0.2, 0) is 0 Å². The highest BCUT2D eigenvalue weighted by Gasteiger charge is 2.17. The zero-order valence-corrected chi connectivity index (χ0v) is 18.4. The molecule has 0 fully saturated rings. The van der Waals surface area contributed by atoms with Crippen LogP contribution in [0, 0.1) is 6.92 Å². The Hall–Kier alpha value is -4.04. The van der Waals surface area contributed by atoms with Crippen molar-refractivity contribution in [3.63, 3.8) is 0 Å². The summed E-state index contributed by atoms with van der Waals surface area (Å²) < 4.78 is 3.81. The molecule has 0 aliphatic carbocycles. The summed E-state index contributed by atoms with van der Waals surface area (Å²) in [5.74, 6) is -0.236. The largest absolute Gasteiger partial charge is 0.306 e. The van der Waals surface area contributed by atoms with E-state index in [0.29, 0.717) is 4.88 Å². The van der Waals surface area contributed by atoms with Crippen molar-refractivity contribution < 1.29 is 4.79 Å². The zero-order chi connectivity index (χ0) is 22.1. The molecule has 0 saturated heterocycles. The molecule has 0 radical (unpaired) electrons. The second kappa shape index (κ2) is 8.24. The number of hydrogen-bond acceptors (Lipinski definition) is 5. The molecule has 0 aliphatic heterocycles. The van der Waals surface area contributed by atoms with E-state index in [1.807, 2.05) is 90.0 Å². The number of nitrogens with one attached hydrogen (secondary N) is 1. The van der Waals surface area contributed by atoms with Gasteiger partial charge in [-0.05, 0) is 49.7 Å². The number of nitrogens with zero attached hydrogens (tertiary/aromatic N) is 5. The Morgan fingerprint density at radius 3 is 2.56 bits per heavy atom. The number of hydrazone groups is 1. The molecule has 0 saturated carbocycles. The molecule has 158 valence electrons.